The van der Waals surface area contributed by atoms with Gasteiger partial charge in [0.15, 0.2) is 11.4 Å². The summed E-state index contributed by atoms with van der Waals surface area (Å²) in [6, 6.07) is 25.4. The van der Waals surface area contributed by atoms with Crippen molar-refractivity contribution in [2.24, 2.45) is 14.1 Å². The summed E-state index contributed by atoms with van der Waals surface area (Å²) in [5.41, 5.74) is 5.15. The number of aromatic nitrogens is 2. The average Bonchev–Trinajstić information content (AvgIpc) is 2.67. The van der Waals surface area contributed by atoms with Crippen LogP contribution in [0.1, 0.15) is 11.4 Å². The minimum absolute atomic E-state index is 1.29. The number of hydrogen-bond acceptors (Lipinski definition) is 4. The Bertz CT molecular complexity index is 1150. The summed E-state index contributed by atoms with van der Waals surface area (Å²) in [4.78, 5) is 0. The Kier molecular flexibility index (Phi) is 7.39. The van der Waals surface area contributed by atoms with Crippen molar-refractivity contribution < 1.29 is 26.7 Å². The molecule has 152 valence electrons. The van der Waals surface area contributed by atoms with Gasteiger partial charge in [-0.05, 0) is 24.3 Å². The largest absolute Gasteiger partial charge is 0.759 e. The number of hydrogen-bond donors (Lipinski definition) is 0. The molecule has 7 heteroatoms. The summed E-state index contributed by atoms with van der Waals surface area (Å²) in [5.74, 6) is 0. The van der Waals surface area contributed by atoms with Crippen LogP contribution in [0.2, 0.25) is 0 Å². The van der Waals surface area contributed by atoms with Crippen molar-refractivity contribution in [3.8, 4) is 0 Å². The zero-order chi connectivity index (χ0) is 21.6. The van der Waals surface area contributed by atoms with Crippen molar-refractivity contribution in [1.82, 2.24) is 0 Å². The molecule has 6 nitrogen and oxygen atoms in total. The number of pyridine rings is 2. The second-order valence-electron chi connectivity index (χ2n) is 6.59. The lowest BCUT2D eigenvalue weighted by atomic mass is 10.2. The Balaban J connectivity index is 0.000000170. The fraction of sp³-hybridized carbons (Fsp3) is 0.182. The lowest BCUT2D eigenvalue weighted by Crippen LogP contribution is -2.32. The molecule has 4 rings (SSSR count). The van der Waals surface area contributed by atoms with Gasteiger partial charge in [-0.3, -0.25) is 8.42 Å². The molecule has 0 saturated carbocycles. The number of para-hydroxylation sites is 2. The predicted molar refractivity (Wildman–Crippen MR) is 110 cm³/mol. The first-order valence-electron chi connectivity index (χ1n) is 8.93. The van der Waals surface area contributed by atoms with Gasteiger partial charge in [-0.1, -0.05) is 24.3 Å². The van der Waals surface area contributed by atoms with Gasteiger partial charge in [0, 0.05) is 59.3 Å². The molecule has 0 saturated heterocycles. The van der Waals surface area contributed by atoms with E-state index in [9.17, 15) is 0 Å². The minimum Gasteiger partial charge on any atom is -0.759 e. The second kappa shape index (κ2) is 9.56. The fourth-order valence-corrected chi connectivity index (χ4v) is 2.89. The maximum absolute atomic E-state index is 8.52. The van der Waals surface area contributed by atoms with Crippen LogP contribution in [0.5, 0.6) is 0 Å². The lowest BCUT2D eigenvalue weighted by Gasteiger charge is -2.06. The van der Waals surface area contributed by atoms with Crippen LogP contribution < -0.4 is 9.13 Å². The topological polar surface area (TPSA) is 88.0 Å². The van der Waals surface area contributed by atoms with E-state index < -0.39 is 10.4 Å². The molecule has 29 heavy (non-hydrogen) atoms. The van der Waals surface area contributed by atoms with Crippen molar-refractivity contribution in [3.05, 3.63) is 84.2 Å². The Morgan fingerprint density at radius 1 is 0.621 bits per heavy atom. The van der Waals surface area contributed by atoms with E-state index in [-0.39, 0.29) is 0 Å². The van der Waals surface area contributed by atoms with Gasteiger partial charge in [-0.15, -0.1) is 0 Å². The second-order valence-corrected chi connectivity index (χ2v) is 7.41. The fourth-order valence-electron chi connectivity index (χ4n) is 2.89. The van der Waals surface area contributed by atoms with E-state index in [0.29, 0.717) is 0 Å². The number of benzene rings is 2. The lowest BCUT2D eigenvalue weighted by molar-refractivity contribution is -0.651. The highest BCUT2D eigenvalue weighted by Gasteiger charge is 2.06. The van der Waals surface area contributed by atoms with Crippen LogP contribution in [0.25, 0.3) is 21.8 Å². The smallest absolute Gasteiger partial charge is 0.212 e. The quantitative estimate of drug-likeness (QED) is 0.252. The third kappa shape index (κ3) is 6.60. The van der Waals surface area contributed by atoms with Gasteiger partial charge in [0.2, 0.25) is 11.0 Å². The van der Waals surface area contributed by atoms with Gasteiger partial charge in [0.25, 0.3) is 0 Å². The molecule has 2 heterocycles. The summed E-state index contributed by atoms with van der Waals surface area (Å²) >= 11 is 0. The van der Waals surface area contributed by atoms with Crippen LogP contribution >= 0.6 is 0 Å². The molecule has 0 aliphatic heterocycles. The van der Waals surface area contributed by atoms with E-state index in [4.69, 9.17) is 17.5 Å². The number of fused-ring (bicyclic) bond motifs is 2. The number of rotatable bonds is 0. The van der Waals surface area contributed by atoms with Crippen LogP contribution in [0.4, 0.5) is 0 Å². The van der Waals surface area contributed by atoms with E-state index in [0.717, 1.165) is 0 Å². The monoisotopic (exact) mass is 412 g/mol. The summed E-state index contributed by atoms with van der Waals surface area (Å²) in [6.07, 6.45) is 0. The highest BCUT2D eigenvalue weighted by molar-refractivity contribution is 7.79. The highest BCUT2D eigenvalue weighted by atomic mass is 32.3. The van der Waals surface area contributed by atoms with Gasteiger partial charge < -0.3 is 9.11 Å². The normalized spacial score (nSPS) is 10.7. The molecule has 0 N–H and O–H groups in total. The number of aryl methyl sites for hydroxylation is 4. The van der Waals surface area contributed by atoms with Crippen molar-refractivity contribution in [2.75, 3.05) is 0 Å². The summed E-state index contributed by atoms with van der Waals surface area (Å²) in [6.45, 7) is 4.24. The van der Waals surface area contributed by atoms with Crippen molar-refractivity contribution >= 4 is 32.2 Å². The van der Waals surface area contributed by atoms with E-state index in [1.165, 1.54) is 33.2 Å². The molecule has 0 aliphatic carbocycles. The highest BCUT2D eigenvalue weighted by Crippen LogP contribution is 2.09. The SMILES string of the molecule is Cc1ccc2ccccc2[n+]1C.Cc1ccc2ccccc2[n+]1C.O=S(=O)([O-])[O-]. The molecular weight excluding hydrogens is 388 g/mol. The first kappa shape index (κ1) is 22.4. The molecule has 0 bridgehead atoms. The van der Waals surface area contributed by atoms with E-state index in [2.05, 4.69) is 110 Å². The average molecular weight is 413 g/mol. The number of nitrogens with zero attached hydrogens (tertiary/aromatic N) is 2. The van der Waals surface area contributed by atoms with E-state index >= 15 is 0 Å². The zero-order valence-electron chi connectivity index (χ0n) is 16.9. The summed E-state index contributed by atoms with van der Waals surface area (Å²) < 4.78 is 38.5. The molecule has 2 aromatic carbocycles. The minimum atomic E-state index is -5.17. The molecule has 0 fully saturated rings. The molecule has 2 aromatic heterocycles. The van der Waals surface area contributed by atoms with E-state index in [1.54, 1.807) is 0 Å². The predicted octanol–water partition coefficient (Wildman–Crippen LogP) is 2.61. The molecule has 0 aliphatic rings. The first-order chi connectivity index (χ1) is 13.6. The first-order valence-corrected chi connectivity index (χ1v) is 10.3. The third-order valence-electron chi connectivity index (χ3n) is 4.66. The molecule has 0 amide bonds. The van der Waals surface area contributed by atoms with Crippen LogP contribution in [0, 0.1) is 13.8 Å². The van der Waals surface area contributed by atoms with Crippen LogP contribution in [-0.2, 0) is 24.5 Å². The van der Waals surface area contributed by atoms with Gasteiger partial charge in [-0.25, -0.2) is 0 Å². The van der Waals surface area contributed by atoms with Crippen molar-refractivity contribution in [3.63, 3.8) is 0 Å². The Hall–Kier alpha value is -2.87. The standard InChI is InChI=1S/2C11H12N.H2O4S/c2*1-9-7-8-10-5-3-4-6-11(10)12(9)2;1-5(2,3)4/h2*3-8H,1-2H3;(H2,1,2,3,4)/q2*+1;/p-2. The van der Waals surface area contributed by atoms with Crippen molar-refractivity contribution in [1.29, 1.82) is 0 Å². The third-order valence-corrected chi connectivity index (χ3v) is 4.66. The van der Waals surface area contributed by atoms with Crippen LogP contribution in [-0.4, -0.2) is 17.5 Å². The Morgan fingerprint density at radius 3 is 1.28 bits per heavy atom. The molecule has 0 atom stereocenters. The summed E-state index contributed by atoms with van der Waals surface area (Å²) in [5, 5.41) is 2.59. The molecule has 4 aromatic rings. The molecule has 0 unspecified atom stereocenters. The molecule has 0 spiro atoms. The Labute approximate surface area is 171 Å². The van der Waals surface area contributed by atoms with Gasteiger partial charge in [0.1, 0.15) is 14.1 Å². The van der Waals surface area contributed by atoms with Crippen molar-refractivity contribution in [2.45, 2.75) is 13.8 Å². The van der Waals surface area contributed by atoms with Crippen LogP contribution in [0.15, 0.2) is 72.8 Å². The van der Waals surface area contributed by atoms with Gasteiger partial charge in [0.05, 0.1) is 0 Å². The Morgan fingerprint density at radius 2 is 0.931 bits per heavy atom. The van der Waals surface area contributed by atoms with Gasteiger partial charge >= 0.3 is 0 Å². The zero-order valence-corrected chi connectivity index (χ0v) is 17.7. The van der Waals surface area contributed by atoms with Gasteiger partial charge in [-0.2, -0.15) is 9.13 Å². The molecular formula is C22H24N2O4S. The maximum atomic E-state index is 8.52. The van der Waals surface area contributed by atoms with E-state index in [1.807, 2.05) is 0 Å². The summed E-state index contributed by atoms with van der Waals surface area (Å²) in [7, 11) is -0.977. The van der Waals surface area contributed by atoms with Crippen LogP contribution in [0.3, 0.4) is 0 Å². The maximum Gasteiger partial charge on any atom is 0.212 e. The molecule has 0 radical (unpaired) electrons.